The van der Waals surface area contributed by atoms with Gasteiger partial charge in [-0.05, 0) is 35.9 Å². The molecule has 144 valence electrons. The molecule has 0 aliphatic heterocycles. The number of carbonyl (C=O) groups excluding carboxylic acids is 1. The zero-order valence-electron chi connectivity index (χ0n) is 15.4. The summed E-state index contributed by atoms with van der Waals surface area (Å²) in [5.41, 5.74) is 0.703. The van der Waals surface area contributed by atoms with Gasteiger partial charge in [0.25, 0.3) is 0 Å². The lowest BCUT2D eigenvalue weighted by molar-refractivity contribution is -0.138. The summed E-state index contributed by atoms with van der Waals surface area (Å²) >= 11 is 5.98. The summed E-state index contributed by atoms with van der Waals surface area (Å²) in [6, 6.07) is 10.5. The van der Waals surface area contributed by atoms with Gasteiger partial charge in [0.1, 0.15) is 19.0 Å². The van der Waals surface area contributed by atoms with E-state index in [-0.39, 0.29) is 13.2 Å². The highest BCUT2D eigenvalue weighted by Crippen LogP contribution is 2.38. The number of hydrogen-bond acceptors (Lipinski definition) is 6. The molecule has 6 nitrogen and oxygen atoms in total. The molecule has 0 aliphatic rings. The van der Waals surface area contributed by atoms with Crippen LogP contribution in [0.1, 0.15) is 5.56 Å². The lowest BCUT2D eigenvalue weighted by Crippen LogP contribution is -2.10. The van der Waals surface area contributed by atoms with Gasteiger partial charge in [0, 0.05) is 6.08 Å². The van der Waals surface area contributed by atoms with E-state index in [4.69, 9.17) is 35.3 Å². The topological polar surface area (TPSA) is 63.2 Å². The molecule has 7 heteroatoms. The highest BCUT2D eigenvalue weighted by Gasteiger charge is 2.12. The van der Waals surface area contributed by atoms with Crippen LogP contribution in [0.5, 0.6) is 23.0 Å². The standard InChI is InChI=1S/C20H21ClO6/c1-23-17-12-14(13-18(24-2)20(17)25-3)8-9-19(22)27-11-10-26-16-7-5-4-6-15(16)21/h4-9,12-13H,10-11H2,1-3H3. The molecular weight excluding hydrogens is 372 g/mol. The van der Waals surface area contributed by atoms with E-state index in [1.54, 1.807) is 30.3 Å². The summed E-state index contributed by atoms with van der Waals surface area (Å²) in [5, 5.41) is 0.506. The van der Waals surface area contributed by atoms with Gasteiger partial charge in [0.05, 0.1) is 26.4 Å². The number of carbonyl (C=O) groups is 1. The van der Waals surface area contributed by atoms with Gasteiger partial charge in [0.2, 0.25) is 5.75 Å². The number of esters is 1. The maximum atomic E-state index is 11.8. The first-order valence-corrected chi connectivity index (χ1v) is 8.49. The van der Waals surface area contributed by atoms with Gasteiger partial charge >= 0.3 is 5.97 Å². The van der Waals surface area contributed by atoms with E-state index in [0.717, 1.165) is 0 Å². The number of para-hydroxylation sites is 1. The average molecular weight is 393 g/mol. The fourth-order valence-corrected chi connectivity index (χ4v) is 2.46. The zero-order valence-corrected chi connectivity index (χ0v) is 16.1. The predicted molar refractivity (Wildman–Crippen MR) is 103 cm³/mol. The monoisotopic (exact) mass is 392 g/mol. The average Bonchev–Trinajstić information content (AvgIpc) is 2.69. The van der Waals surface area contributed by atoms with E-state index in [1.165, 1.54) is 27.4 Å². The molecule has 0 bridgehead atoms. The molecule has 2 aromatic carbocycles. The van der Waals surface area contributed by atoms with Crippen molar-refractivity contribution >= 4 is 23.6 Å². The van der Waals surface area contributed by atoms with Crippen LogP contribution in [-0.2, 0) is 9.53 Å². The van der Waals surface area contributed by atoms with Gasteiger partial charge in [-0.3, -0.25) is 0 Å². The van der Waals surface area contributed by atoms with E-state index < -0.39 is 5.97 Å². The Balaban J connectivity index is 1.90. The Bertz CT molecular complexity index is 778. The SMILES string of the molecule is COc1cc(C=CC(=O)OCCOc2ccccc2Cl)cc(OC)c1OC. The summed E-state index contributed by atoms with van der Waals surface area (Å²) in [6.45, 7) is 0.303. The first kappa shape index (κ1) is 20.5. The van der Waals surface area contributed by atoms with E-state index in [9.17, 15) is 4.79 Å². The van der Waals surface area contributed by atoms with Crippen LogP contribution in [0.3, 0.4) is 0 Å². The van der Waals surface area contributed by atoms with Crippen molar-refractivity contribution in [1.82, 2.24) is 0 Å². The Morgan fingerprint density at radius 2 is 1.63 bits per heavy atom. The molecule has 0 aromatic heterocycles. The molecular formula is C20H21ClO6. The Hall–Kier alpha value is -2.86. The molecule has 0 unspecified atom stereocenters. The minimum atomic E-state index is -0.494. The molecule has 0 heterocycles. The van der Waals surface area contributed by atoms with Crippen LogP contribution in [0, 0.1) is 0 Å². The second kappa shape index (κ2) is 10.3. The predicted octanol–water partition coefficient (Wildman–Crippen LogP) is 4.00. The second-order valence-electron chi connectivity index (χ2n) is 5.24. The van der Waals surface area contributed by atoms with Crippen molar-refractivity contribution in [3.63, 3.8) is 0 Å². The molecule has 0 N–H and O–H groups in total. The number of hydrogen-bond donors (Lipinski definition) is 0. The maximum Gasteiger partial charge on any atom is 0.330 e. The van der Waals surface area contributed by atoms with Crippen LogP contribution in [0.15, 0.2) is 42.5 Å². The summed E-state index contributed by atoms with van der Waals surface area (Å²) in [7, 11) is 4.58. The smallest absolute Gasteiger partial charge is 0.330 e. The molecule has 0 saturated heterocycles. The first-order valence-electron chi connectivity index (χ1n) is 8.11. The molecule has 0 aliphatic carbocycles. The lowest BCUT2D eigenvalue weighted by Gasteiger charge is -2.12. The molecule has 0 amide bonds. The summed E-state index contributed by atoms with van der Waals surface area (Å²) < 4.78 is 26.4. The summed E-state index contributed by atoms with van der Waals surface area (Å²) in [5.74, 6) is 1.53. The van der Waals surface area contributed by atoms with E-state index in [0.29, 0.717) is 33.6 Å². The quantitative estimate of drug-likeness (QED) is 0.365. The van der Waals surface area contributed by atoms with E-state index >= 15 is 0 Å². The minimum absolute atomic E-state index is 0.101. The first-order chi connectivity index (χ1) is 13.1. The van der Waals surface area contributed by atoms with E-state index in [1.807, 2.05) is 12.1 Å². The molecule has 2 aromatic rings. The van der Waals surface area contributed by atoms with Crippen molar-refractivity contribution in [2.75, 3.05) is 34.5 Å². The third-order valence-electron chi connectivity index (χ3n) is 3.52. The highest BCUT2D eigenvalue weighted by molar-refractivity contribution is 6.32. The Kier molecular flexibility index (Phi) is 7.82. The normalized spacial score (nSPS) is 10.5. The van der Waals surface area contributed by atoms with Gasteiger partial charge in [-0.1, -0.05) is 23.7 Å². The van der Waals surface area contributed by atoms with E-state index in [2.05, 4.69) is 0 Å². The molecule has 0 spiro atoms. The van der Waals surface area contributed by atoms with Crippen molar-refractivity contribution in [3.8, 4) is 23.0 Å². The molecule has 0 saturated carbocycles. The molecule has 27 heavy (non-hydrogen) atoms. The van der Waals surface area contributed by atoms with Gasteiger partial charge in [-0.2, -0.15) is 0 Å². The number of methoxy groups -OCH3 is 3. The number of halogens is 1. The van der Waals surface area contributed by atoms with Gasteiger partial charge in [-0.25, -0.2) is 4.79 Å². The van der Waals surface area contributed by atoms with Gasteiger partial charge in [-0.15, -0.1) is 0 Å². The fourth-order valence-electron chi connectivity index (χ4n) is 2.27. The summed E-state index contributed by atoms with van der Waals surface area (Å²) in [6.07, 6.45) is 2.91. The van der Waals surface area contributed by atoms with Crippen molar-refractivity contribution in [2.45, 2.75) is 0 Å². The molecule has 0 radical (unpaired) electrons. The minimum Gasteiger partial charge on any atom is -0.493 e. The Morgan fingerprint density at radius 3 is 2.22 bits per heavy atom. The van der Waals surface area contributed by atoms with Crippen LogP contribution in [0.2, 0.25) is 5.02 Å². The number of benzene rings is 2. The Labute approximate surface area is 163 Å². The van der Waals surface area contributed by atoms with Crippen molar-refractivity contribution in [2.24, 2.45) is 0 Å². The third kappa shape index (κ3) is 5.82. The van der Waals surface area contributed by atoms with Crippen LogP contribution in [-0.4, -0.2) is 40.5 Å². The zero-order chi connectivity index (χ0) is 19.6. The van der Waals surface area contributed by atoms with Crippen molar-refractivity contribution in [3.05, 3.63) is 53.1 Å². The largest absolute Gasteiger partial charge is 0.493 e. The highest BCUT2D eigenvalue weighted by atomic mass is 35.5. The van der Waals surface area contributed by atoms with Crippen LogP contribution in [0.4, 0.5) is 0 Å². The molecule has 0 fully saturated rings. The van der Waals surface area contributed by atoms with Crippen LogP contribution < -0.4 is 18.9 Å². The Morgan fingerprint density at radius 1 is 0.963 bits per heavy atom. The number of ether oxygens (including phenoxy) is 5. The van der Waals surface area contributed by atoms with Crippen LogP contribution in [0.25, 0.3) is 6.08 Å². The fraction of sp³-hybridized carbons (Fsp3) is 0.250. The molecule has 2 rings (SSSR count). The second-order valence-corrected chi connectivity index (χ2v) is 5.65. The van der Waals surface area contributed by atoms with Gasteiger partial charge in [0.15, 0.2) is 11.5 Å². The maximum absolute atomic E-state index is 11.8. The van der Waals surface area contributed by atoms with Crippen molar-refractivity contribution in [1.29, 1.82) is 0 Å². The number of rotatable bonds is 9. The lowest BCUT2D eigenvalue weighted by atomic mass is 10.1. The van der Waals surface area contributed by atoms with Crippen LogP contribution >= 0.6 is 11.6 Å². The molecule has 0 atom stereocenters. The van der Waals surface area contributed by atoms with Crippen molar-refractivity contribution < 1.29 is 28.5 Å². The van der Waals surface area contributed by atoms with Gasteiger partial charge < -0.3 is 23.7 Å². The third-order valence-corrected chi connectivity index (χ3v) is 3.83. The summed E-state index contributed by atoms with van der Waals surface area (Å²) in [4.78, 5) is 11.8.